The molecule has 8 nitrogen and oxygen atoms in total. The minimum atomic E-state index is -4.04. The van der Waals surface area contributed by atoms with Crippen LogP contribution in [-0.4, -0.2) is 39.8 Å². The first-order valence-electron chi connectivity index (χ1n) is 8.76. The van der Waals surface area contributed by atoms with Gasteiger partial charge in [0.2, 0.25) is 4.80 Å². The number of esters is 1. The van der Waals surface area contributed by atoms with Crippen LogP contribution >= 0.6 is 22.9 Å². The second-order valence-electron chi connectivity index (χ2n) is 5.97. The SMILES string of the molecule is CCOC(=O)Cn1c(=NS(=O)(=O)c2ccc(Cl)cc2)sc2cc(OC)c(OC)cc21. The first kappa shape index (κ1) is 22.1. The number of hydrogen-bond acceptors (Lipinski definition) is 7. The van der Waals surface area contributed by atoms with E-state index in [1.807, 2.05) is 0 Å². The Hall–Kier alpha value is -2.56. The van der Waals surface area contributed by atoms with Crippen LogP contribution in [0.5, 0.6) is 11.5 Å². The highest BCUT2D eigenvalue weighted by Gasteiger charge is 2.18. The van der Waals surface area contributed by atoms with Gasteiger partial charge in [0.15, 0.2) is 11.5 Å². The molecule has 30 heavy (non-hydrogen) atoms. The largest absolute Gasteiger partial charge is 0.493 e. The van der Waals surface area contributed by atoms with Crippen molar-refractivity contribution in [1.29, 1.82) is 0 Å². The number of fused-ring (bicyclic) bond motifs is 1. The molecule has 0 fully saturated rings. The Morgan fingerprint density at radius 3 is 2.37 bits per heavy atom. The predicted molar refractivity (Wildman–Crippen MR) is 114 cm³/mol. The standard InChI is InChI=1S/C19H19ClN2O6S2/c1-4-28-18(23)11-22-14-9-15(26-2)16(27-3)10-17(14)29-19(22)21-30(24,25)13-7-5-12(20)6-8-13/h5-10H,4,11H2,1-3H3. The van der Waals surface area contributed by atoms with Gasteiger partial charge >= 0.3 is 5.97 Å². The molecule has 0 spiro atoms. The average molecular weight is 471 g/mol. The molecule has 0 saturated carbocycles. The number of benzene rings is 2. The van der Waals surface area contributed by atoms with E-state index in [2.05, 4.69) is 4.40 Å². The molecular formula is C19H19ClN2O6S2. The molecule has 0 saturated heterocycles. The van der Waals surface area contributed by atoms with E-state index >= 15 is 0 Å². The van der Waals surface area contributed by atoms with Gasteiger partial charge in [-0.1, -0.05) is 22.9 Å². The molecular weight excluding hydrogens is 452 g/mol. The molecule has 1 aromatic heterocycles. The summed E-state index contributed by atoms with van der Waals surface area (Å²) in [6, 6.07) is 9.05. The summed E-state index contributed by atoms with van der Waals surface area (Å²) in [5, 5.41) is 0.410. The summed E-state index contributed by atoms with van der Waals surface area (Å²) in [6.07, 6.45) is 0. The van der Waals surface area contributed by atoms with E-state index in [0.717, 1.165) is 11.3 Å². The highest BCUT2D eigenvalue weighted by molar-refractivity contribution is 7.90. The molecule has 3 aromatic rings. The zero-order chi connectivity index (χ0) is 21.9. The van der Waals surface area contributed by atoms with Gasteiger partial charge in [0.1, 0.15) is 6.54 Å². The van der Waals surface area contributed by atoms with Crippen LogP contribution in [0.4, 0.5) is 0 Å². The normalized spacial score (nSPS) is 12.2. The Morgan fingerprint density at radius 1 is 1.13 bits per heavy atom. The summed E-state index contributed by atoms with van der Waals surface area (Å²) in [5.74, 6) is 0.395. The number of carbonyl (C=O) groups is 1. The fourth-order valence-electron chi connectivity index (χ4n) is 2.72. The Balaban J connectivity index is 2.24. The van der Waals surface area contributed by atoms with Crippen LogP contribution in [0.3, 0.4) is 0 Å². The molecule has 3 rings (SSSR count). The fraction of sp³-hybridized carbons (Fsp3) is 0.263. The minimum absolute atomic E-state index is 0.0119. The molecule has 1 heterocycles. The second-order valence-corrected chi connectivity index (χ2v) is 9.02. The van der Waals surface area contributed by atoms with Crippen molar-refractivity contribution in [2.45, 2.75) is 18.4 Å². The van der Waals surface area contributed by atoms with Crippen molar-refractivity contribution in [2.75, 3.05) is 20.8 Å². The van der Waals surface area contributed by atoms with Crippen molar-refractivity contribution in [1.82, 2.24) is 4.57 Å². The monoisotopic (exact) mass is 470 g/mol. The zero-order valence-electron chi connectivity index (χ0n) is 16.4. The van der Waals surface area contributed by atoms with Crippen LogP contribution in [0.1, 0.15) is 6.92 Å². The number of carbonyl (C=O) groups excluding carboxylic acids is 1. The summed E-state index contributed by atoms with van der Waals surface area (Å²) in [6.45, 7) is 1.69. The minimum Gasteiger partial charge on any atom is -0.493 e. The van der Waals surface area contributed by atoms with Crippen molar-refractivity contribution in [3.05, 3.63) is 46.2 Å². The topological polar surface area (TPSA) is 96.2 Å². The average Bonchev–Trinajstić information content (AvgIpc) is 3.02. The van der Waals surface area contributed by atoms with Crippen LogP contribution < -0.4 is 14.3 Å². The van der Waals surface area contributed by atoms with Crippen LogP contribution in [-0.2, 0) is 26.1 Å². The molecule has 2 aromatic carbocycles. The van der Waals surface area contributed by atoms with Gasteiger partial charge in [-0.05, 0) is 31.2 Å². The quantitative estimate of drug-likeness (QED) is 0.492. The van der Waals surface area contributed by atoms with E-state index < -0.39 is 16.0 Å². The van der Waals surface area contributed by atoms with Gasteiger partial charge in [-0.25, -0.2) is 0 Å². The van der Waals surface area contributed by atoms with Crippen molar-refractivity contribution in [3.63, 3.8) is 0 Å². The molecule has 11 heteroatoms. The predicted octanol–water partition coefficient (Wildman–Crippen LogP) is 3.23. The lowest BCUT2D eigenvalue weighted by atomic mass is 10.3. The Kier molecular flexibility index (Phi) is 6.69. The highest BCUT2D eigenvalue weighted by Crippen LogP contribution is 2.33. The van der Waals surface area contributed by atoms with E-state index in [1.165, 1.54) is 43.1 Å². The van der Waals surface area contributed by atoms with Crippen molar-refractivity contribution < 1.29 is 27.4 Å². The van der Waals surface area contributed by atoms with Crippen LogP contribution in [0, 0.1) is 0 Å². The van der Waals surface area contributed by atoms with Crippen LogP contribution in [0.15, 0.2) is 45.7 Å². The smallest absolute Gasteiger partial charge is 0.326 e. The molecule has 0 radical (unpaired) electrons. The van der Waals surface area contributed by atoms with Crippen LogP contribution in [0.2, 0.25) is 5.02 Å². The van der Waals surface area contributed by atoms with E-state index in [0.29, 0.717) is 26.7 Å². The summed E-state index contributed by atoms with van der Waals surface area (Å²) in [7, 11) is -1.05. The van der Waals surface area contributed by atoms with Gasteiger partial charge in [0, 0.05) is 17.2 Å². The van der Waals surface area contributed by atoms with E-state index in [1.54, 1.807) is 19.1 Å². The Morgan fingerprint density at radius 2 is 1.77 bits per heavy atom. The number of rotatable bonds is 7. The van der Waals surface area contributed by atoms with Gasteiger partial charge in [-0.2, -0.15) is 8.42 Å². The van der Waals surface area contributed by atoms with Gasteiger partial charge in [-0.3, -0.25) is 4.79 Å². The van der Waals surface area contributed by atoms with Gasteiger partial charge in [-0.15, -0.1) is 4.40 Å². The maximum atomic E-state index is 12.8. The summed E-state index contributed by atoms with van der Waals surface area (Å²) >= 11 is 6.95. The van der Waals surface area contributed by atoms with Crippen molar-refractivity contribution >= 4 is 49.1 Å². The molecule has 0 aliphatic carbocycles. The second kappa shape index (κ2) is 9.07. The molecule has 0 amide bonds. The number of methoxy groups -OCH3 is 2. The zero-order valence-corrected chi connectivity index (χ0v) is 18.8. The summed E-state index contributed by atoms with van der Waals surface area (Å²) < 4.78 is 47.4. The number of ether oxygens (including phenoxy) is 3. The molecule has 0 atom stereocenters. The van der Waals surface area contributed by atoms with Crippen molar-refractivity contribution in [3.8, 4) is 11.5 Å². The first-order chi connectivity index (χ1) is 14.3. The highest BCUT2D eigenvalue weighted by atomic mass is 35.5. The van der Waals surface area contributed by atoms with Gasteiger partial charge in [0.25, 0.3) is 10.0 Å². The first-order valence-corrected chi connectivity index (χ1v) is 11.4. The lowest BCUT2D eigenvalue weighted by Gasteiger charge is -2.09. The Labute approximate surface area is 182 Å². The fourth-order valence-corrected chi connectivity index (χ4v) is 5.09. The third-order valence-electron chi connectivity index (χ3n) is 4.09. The molecule has 160 valence electrons. The lowest BCUT2D eigenvalue weighted by molar-refractivity contribution is -0.143. The maximum Gasteiger partial charge on any atom is 0.326 e. The van der Waals surface area contributed by atoms with E-state index in [4.69, 9.17) is 25.8 Å². The van der Waals surface area contributed by atoms with Gasteiger partial charge < -0.3 is 18.8 Å². The molecule has 0 aliphatic heterocycles. The van der Waals surface area contributed by atoms with Gasteiger partial charge in [0.05, 0.1) is 35.9 Å². The number of hydrogen-bond donors (Lipinski definition) is 0. The van der Waals surface area contributed by atoms with Crippen LogP contribution in [0.25, 0.3) is 10.2 Å². The number of nitrogens with zero attached hydrogens (tertiary/aromatic N) is 2. The molecule has 0 unspecified atom stereocenters. The lowest BCUT2D eigenvalue weighted by Crippen LogP contribution is -2.23. The maximum absolute atomic E-state index is 12.8. The summed E-state index contributed by atoms with van der Waals surface area (Å²) in [4.78, 5) is 12.3. The van der Waals surface area contributed by atoms with Crippen molar-refractivity contribution in [2.24, 2.45) is 4.40 Å². The Bertz CT molecular complexity index is 1250. The molecule has 0 bridgehead atoms. The van der Waals surface area contributed by atoms with E-state index in [-0.39, 0.29) is 22.8 Å². The summed E-state index contributed by atoms with van der Waals surface area (Å²) in [5.41, 5.74) is 0.566. The number of aromatic nitrogens is 1. The molecule has 0 N–H and O–H groups in total. The number of halogens is 1. The number of sulfonamides is 1. The third-order valence-corrected chi connectivity index (χ3v) is 6.78. The van der Waals surface area contributed by atoms with E-state index in [9.17, 15) is 13.2 Å². The molecule has 0 aliphatic rings. The third kappa shape index (κ3) is 4.61. The number of thiazole rings is 1.